The Morgan fingerprint density at radius 1 is 1.21 bits per heavy atom. The SMILES string of the molecule is Fc1ccccc1NC1CCSc2ccc(Cl)cc21. The van der Waals surface area contributed by atoms with Crippen LogP contribution in [0.15, 0.2) is 47.4 Å². The molecule has 0 saturated heterocycles. The number of para-hydroxylation sites is 1. The van der Waals surface area contributed by atoms with E-state index in [2.05, 4.69) is 5.32 Å². The molecule has 2 aromatic carbocycles. The molecule has 0 fully saturated rings. The molecular weight excluding hydrogens is 281 g/mol. The number of anilines is 1. The van der Waals surface area contributed by atoms with Crippen LogP contribution in [-0.2, 0) is 0 Å². The molecular formula is C15H13ClFNS. The second-order valence-electron chi connectivity index (χ2n) is 4.50. The van der Waals surface area contributed by atoms with Gasteiger partial charge in [0.15, 0.2) is 0 Å². The molecule has 0 saturated carbocycles. The van der Waals surface area contributed by atoms with Gasteiger partial charge in [-0.15, -0.1) is 11.8 Å². The van der Waals surface area contributed by atoms with Gasteiger partial charge in [0.05, 0.1) is 11.7 Å². The molecule has 0 amide bonds. The zero-order valence-electron chi connectivity index (χ0n) is 10.2. The van der Waals surface area contributed by atoms with Gasteiger partial charge in [0, 0.05) is 15.7 Å². The Bertz CT molecular complexity index is 602. The standard InChI is InChI=1S/C15H13ClFNS/c16-10-5-6-15-11(9-10)13(7-8-19-15)18-14-4-2-1-3-12(14)17/h1-6,9,13,18H,7-8H2. The summed E-state index contributed by atoms with van der Waals surface area (Å²) in [7, 11) is 0. The van der Waals surface area contributed by atoms with Gasteiger partial charge >= 0.3 is 0 Å². The van der Waals surface area contributed by atoms with Gasteiger partial charge in [0.25, 0.3) is 0 Å². The van der Waals surface area contributed by atoms with Crippen LogP contribution >= 0.6 is 23.4 Å². The molecule has 1 atom stereocenters. The molecule has 19 heavy (non-hydrogen) atoms. The molecule has 0 aromatic heterocycles. The van der Waals surface area contributed by atoms with Crippen molar-refractivity contribution >= 4 is 29.1 Å². The molecule has 1 aliphatic heterocycles. The van der Waals surface area contributed by atoms with Crippen LogP contribution in [0.1, 0.15) is 18.0 Å². The van der Waals surface area contributed by atoms with Gasteiger partial charge in [-0.05, 0) is 42.3 Å². The van der Waals surface area contributed by atoms with Crippen molar-refractivity contribution in [1.82, 2.24) is 0 Å². The Balaban J connectivity index is 1.92. The smallest absolute Gasteiger partial charge is 0.146 e. The lowest BCUT2D eigenvalue weighted by Gasteiger charge is -2.27. The molecule has 0 radical (unpaired) electrons. The van der Waals surface area contributed by atoms with Gasteiger partial charge in [0.1, 0.15) is 5.82 Å². The van der Waals surface area contributed by atoms with Crippen molar-refractivity contribution in [2.75, 3.05) is 11.1 Å². The third-order valence-electron chi connectivity index (χ3n) is 3.21. The molecule has 0 spiro atoms. The van der Waals surface area contributed by atoms with Crippen molar-refractivity contribution in [2.45, 2.75) is 17.4 Å². The minimum absolute atomic E-state index is 0.117. The highest BCUT2D eigenvalue weighted by atomic mass is 35.5. The molecule has 98 valence electrons. The Labute approximate surface area is 121 Å². The first-order valence-corrected chi connectivity index (χ1v) is 7.54. The molecule has 3 rings (SSSR count). The second-order valence-corrected chi connectivity index (χ2v) is 6.07. The molecule has 1 nitrogen and oxygen atoms in total. The summed E-state index contributed by atoms with van der Waals surface area (Å²) in [6.07, 6.45) is 0.965. The van der Waals surface area contributed by atoms with Crippen molar-refractivity contribution in [3.63, 3.8) is 0 Å². The summed E-state index contributed by atoms with van der Waals surface area (Å²) in [5.74, 6) is 0.810. The van der Waals surface area contributed by atoms with E-state index in [-0.39, 0.29) is 11.9 Å². The lowest BCUT2D eigenvalue weighted by atomic mass is 10.0. The minimum Gasteiger partial charge on any atom is -0.376 e. The fraction of sp³-hybridized carbons (Fsp3) is 0.200. The average Bonchev–Trinajstić information content (AvgIpc) is 2.42. The van der Waals surface area contributed by atoms with Gasteiger partial charge in [0.2, 0.25) is 0 Å². The normalized spacial score (nSPS) is 17.9. The molecule has 0 bridgehead atoms. The Kier molecular flexibility index (Phi) is 3.67. The Morgan fingerprint density at radius 3 is 2.89 bits per heavy atom. The largest absolute Gasteiger partial charge is 0.376 e. The van der Waals surface area contributed by atoms with Crippen LogP contribution in [0.25, 0.3) is 0 Å². The molecule has 1 aliphatic rings. The first kappa shape index (κ1) is 12.8. The summed E-state index contributed by atoms with van der Waals surface area (Å²) >= 11 is 7.89. The van der Waals surface area contributed by atoms with Crippen molar-refractivity contribution < 1.29 is 4.39 Å². The van der Waals surface area contributed by atoms with Gasteiger partial charge in [-0.3, -0.25) is 0 Å². The third kappa shape index (κ3) is 2.72. The van der Waals surface area contributed by atoms with Gasteiger partial charge in [-0.2, -0.15) is 0 Å². The minimum atomic E-state index is -0.218. The lowest BCUT2D eigenvalue weighted by molar-refractivity contribution is 0.622. The van der Waals surface area contributed by atoms with E-state index in [4.69, 9.17) is 11.6 Å². The highest BCUT2D eigenvalue weighted by Crippen LogP contribution is 2.39. The topological polar surface area (TPSA) is 12.0 Å². The molecule has 2 aromatic rings. The van der Waals surface area contributed by atoms with E-state index in [0.717, 1.165) is 22.8 Å². The maximum Gasteiger partial charge on any atom is 0.146 e. The van der Waals surface area contributed by atoms with Crippen molar-refractivity contribution in [3.05, 3.63) is 58.9 Å². The molecule has 4 heteroatoms. The predicted molar refractivity (Wildman–Crippen MR) is 79.6 cm³/mol. The summed E-state index contributed by atoms with van der Waals surface area (Å²) in [6.45, 7) is 0. The average molecular weight is 294 g/mol. The van der Waals surface area contributed by atoms with Crippen LogP contribution in [0.2, 0.25) is 5.02 Å². The molecule has 0 aliphatic carbocycles. The van der Waals surface area contributed by atoms with Crippen molar-refractivity contribution in [2.24, 2.45) is 0 Å². The van der Waals surface area contributed by atoms with E-state index >= 15 is 0 Å². The fourth-order valence-electron chi connectivity index (χ4n) is 2.28. The third-order valence-corrected chi connectivity index (χ3v) is 4.57. The van der Waals surface area contributed by atoms with Crippen LogP contribution in [0.5, 0.6) is 0 Å². The van der Waals surface area contributed by atoms with Crippen molar-refractivity contribution in [3.8, 4) is 0 Å². The fourth-order valence-corrected chi connectivity index (χ4v) is 3.57. The number of halogens is 2. The second kappa shape index (κ2) is 5.43. The van der Waals surface area contributed by atoms with E-state index in [1.165, 1.54) is 11.0 Å². The van der Waals surface area contributed by atoms with E-state index in [0.29, 0.717) is 5.69 Å². The maximum absolute atomic E-state index is 13.7. The number of nitrogens with one attached hydrogen (secondary N) is 1. The number of fused-ring (bicyclic) bond motifs is 1. The monoisotopic (exact) mass is 293 g/mol. The number of thioether (sulfide) groups is 1. The van der Waals surface area contributed by atoms with E-state index in [1.54, 1.807) is 12.1 Å². The van der Waals surface area contributed by atoms with Crippen LogP contribution in [0.3, 0.4) is 0 Å². The Morgan fingerprint density at radius 2 is 2.05 bits per heavy atom. The lowest BCUT2D eigenvalue weighted by Crippen LogP contribution is -2.16. The van der Waals surface area contributed by atoms with Crippen LogP contribution in [0.4, 0.5) is 10.1 Å². The zero-order chi connectivity index (χ0) is 13.2. The quantitative estimate of drug-likeness (QED) is 0.824. The maximum atomic E-state index is 13.7. The van der Waals surface area contributed by atoms with E-state index in [1.807, 2.05) is 36.0 Å². The molecule has 1 N–H and O–H groups in total. The first-order valence-electron chi connectivity index (χ1n) is 6.17. The summed E-state index contributed by atoms with van der Waals surface area (Å²) < 4.78 is 13.7. The van der Waals surface area contributed by atoms with Gasteiger partial charge in [-0.25, -0.2) is 4.39 Å². The predicted octanol–water partition coefficient (Wildman–Crippen LogP) is 5.13. The van der Waals surface area contributed by atoms with Crippen LogP contribution in [0, 0.1) is 5.82 Å². The summed E-state index contributed by atoms with van der Waals surface area (Å²) in [4.78, 5) is 1.23. The van der Waals surface area contributed by atoms with Crippen LogP contribution < -0.4 is 5.32 Å². The first-order chi connectivity index (χ1) is 9.24. The van der Waals surface area contributed by atoms with Crippen molar-refractivity contribution in [1.29, 1.82) is 0 Å². The zero-order valence-corrected chi connectivity index (χ0v) is 11.8. The summed E-state index contributed by atoms with van der Waals surface area (Å²) in [5, 5.41) is 4.01. The summed E-state index contributed by atoms with van der Waals surface area (Å²) in [5.41, 5.74) is 1.71. The van der Waals surface area contributed by atoms with Gasteiger partial charge < -0.3 is 5.32 Å². The summed E-state index contributed by atoms with van der Waals surface area (Å²) in [6, 6.07) is 12.8. The van der Waals surface area contributed by atoms with Crippen LogP contribution in [-0.4, -0.2) is 5.75 Å². The Hall–Kier alpha value is -1.19. The number of benzene rings is 2. The number of hydrogen-bond donors (Lipinski definition) is 1. The molecule has 1 unspecified atom stereocenters. The van der Waals surface area contributed by atoms with E-state index < -0.39 is 0 Å². The van der Waals surface area contributed by atoms with E-state index in [9.17, 15) is 4.39 Å². The highest BCUT2D eigenvalue weighted by Gasteiger charge is 2.21. The number of hydrogen-bond acceptors (Lipinski definition) is 2. The molecule has 1 heterocycles. The van der Waals surface area contributed by atoms with Gasteiger partial charge in [-0.1, -0.05) is 23.7 Å². The number of rotatable bonds is 2. The highest BCUT2D eigenvalue weighted by molar-refractivity contribution is 7.99.